The molecule has 2 aromatic rings. The first kappa shape index (κ1) is 7.64. The summed E-state index contributed by atoms with van der Waals surface area (Å²) in [5.41, 5.74) is 3.73. The van der Waals surface area contributed by atoms with E-state index in [-0.39, 0.29) is 0 Å². The second kappa shape index (κ2) is 3.16. The van der Waals surface area contributed by atoms with Crippen molar-refractivity contribution in [2.45, 2.75) is 0 Å². The molecule has 0 unspecified atom stereocenters. The highest BCUT2D eigenvalue weighted by Crippen LogP contribution is 2.15. The molecule has 12 heavy (non-hydrogen) atoms. The average molecular weight is 194 g/mol. The molecule has 0 amide bonds. The van der Waals surface area contributed by atoms with Gasteiger partial charge in [0, 0.05) is 16.1 Å². The van der Waals surface area contributed by atoms with Crippen LogP contribution in [-0.2, 0) is 0 Å². The zero-order valence-electron chi connectivity index (χ0n) is 6.15. The molecule has 0 aliphatic rings. The predicted octanol–water partition coefficient (Wildman–Crippen LogP) is 2.87. The van der Waals surface area contributed by atoms with Crippen LogP contribution in [0.5, 0.6) is 0 Å². The van der Waals surface area contributed by atoms with Gasteiger partial charge in [0.05, 0.1) is 16.9 Å². The maximum absolute atomic E-state index is 5.03. The van der Waals surface area contributed by atoms with Crippen molar-refractivity contribution in [3.63, 3.8) is 0 Å². The SMILES string of the molecule is S=c1cc[nH]c(-c2cscn2)c1. The molecule has 4 heteroatoms. The molecule has 0 saturated carbocycles. The van der Waals surface area contributed by atoms with Gasteiger partial charge in [0.1, 0.15) is 0 Å². The predicted molar refractivity (Wildman–Crippen MR) is 52.7 cm³/mol. The van der Waals surface area contributed by atoms with Crippen molar-refractivity contribution in [3.8, 4) is 11.4 Å². The highest BCUT2D eigenvalue weighted by atomic mass is 32.1. The maximum atomic E-state index is 5.03. The zero-order chi connectivity index (χ0) is 8.39. The smallest absolute Gasteiger partial charge is 0.0973 e. The Bertz CT molecular complexity index is 417. The van der Waals surface area contributed by atoms with E-state index in [1.165, 1.54) is 0 Å². The molecule has 2 rings (SSSR count). The number of aromatic amines is 1. The first-order chi connectivity index (χ1) is 5.86. The van der Waals surface area contributed by atoms with Crippen molar-refractivity contribution >= 4 is 23.6 Å². The Balaban J connectivity index is 2.55. The number of nitrogens with zero attached hydrogens (tertiary/aromatic N) is 1. The number of aromatic nitrogens is 2. The minimum atomic E-state index is 0.830. The lowest BCUT2D eigenvalue weighted by molar-refractivity contribution is 1.28. The number of pyridine rings is 1. The van der Waals surface area contributed by atoms with Gasteiger partial charge in [0.2, 0.25) is 0 Å². The Hall–Kier alpha value is -1.00. The van der Waals surface area contributed by atoms with Crippen LogP contribution in [0.1, 0.15) is 0 Å². The summed E-state index contributed by atoms with van der Waals surface area (Å²) >= 11 is 6.60. The Morgan fingerprint density at radius 2 is 2.42 bits per heavy atom. The second-order valence-corrected chi connectivity index (χ2v) is 3.50. The molecule has 0 aromatic carbocycles. The van der Waals surface area contributed by atoms with Crippen LogP contribution in [0.3, 0.4) is 0 Å². The monoisotopic (exact) mass is 194 g/mol. The third-order valence-corrected chi connectivity index (χ3v) is 2.32. The van der Waals surface area contributed by atoms with E-state index in [2.05, 4.69) is 9.97 Å². The number of H-pyrrole nitrogens is 1. The van der Waals surface area contributed by atoms with Crippen LogP contribution in [0, 0.1) is 4.51 Å². The molecule has 0 bridgehead atoms. The number of thiazole rings is 1. The average Bonchev–Trinajstić information content (AvgIpc) is 2.56. The summed E-state index contributed by atoms with van der Waals surface area (Å²) in [5.74, 6) is 0. The molecule has 0 atom stereocenters. The summed E-state index contributed by atoms with van der Waals surface area (Å²) in [6.07, 6.45) is 1.83. The van der Waals surface area contributed by atoms with E-state index in [9.17, 15) is 0 Å². The number of hydrogen-bond acceptors (Lipinski definition) is 3. The topological polar surface area (TPSA) is 28.7 Å². The van der Waals surface area contributed by atoms with Gasteiger partial charge in [-0.1, -0.05) is 12.2 Å². The Kier molecular flexibility index (Phi) is 2.01. The van der Waals surface area contributed by atoms with E-state index in [0.717, 1.165) is 15.9 Å². The molecule has 2 nitrogen and oxygen atoms in total. The van der Waals surface area contributed by atoms with E-state index in [1.54, 1.807) is 16.8 Å². The minimum Gasteiger partial charge on any atom is -0.360 e. The van der Waals surface area contributed by atoms with Crippen LogP contribution in [-0.4, -0.2) is 9.97 Å². The molecule has 2 heterocycles. The van der Waals surface area contributed by atoms with Gasteiger partial charge >= 0.3 is 0 Å². The van der Waals surface area contributed by atoms with Gasteiger partial charge < -0.3 is 4.98 Å². The van der Waals surface area contributed by atoms with Gasteiger partial charge in [-0.2, -0.15) is 0 Å². The summed E-state index contributed by atoms with van der Waals surface area (Å²) in [4.78, 5) is 7.26. The number of nitrogens with one attached hydrogen (secondary N) is 1. The van der Waals surface area contributed by atoms with Crippen LogP contribution in [0.15, 0.2) is 29.2 Å². The molecule has 1 N–H and O–H groups in total. The quantitative estimate of drug-likeness (QED) is 0.707. The van der Waals surface area contributed by atoms with Crippen molar-refractivity contribution in [1.29, 1.82) is 0 Å². The van der Waals surface area contributed by atoms with Crippen molar-refractivity contribution in [3.05, 3.63) is 33.7 Å². The Labute approximate surface area is 78.9 Å². The zero-order valence-corrected chi connectivity index (χ0v) is 7.78. The van der Waals surface area contributed by atoms with Gasteiger partial charge in [-0.25, -0.2) is 4.98 Å². The summed E-state index contributed by atoms with van der Waals surface area (Å²) in [6.45, 7) is 0. The van der Waals surface area contributed by atoms with Crippen LogP contribution in [0.2, 0.25) is 0 Å². The molecular weight excluding hydrogens is 188 g/mol. The molecular formula is C8H6N2S2. The van der Waals surface area contributed by atoms with Crippen molar-refractivity contribution in [1.82, 2.24) is 9.97 Å². The van der Waals surface area contributed by atoms with Crippen LogP contribution >= 0.6 is 23.6 Å². The molecule has 0 aliphatic carbocycles. The maximum Gasteiger partial charge on any atom is 0.0973 e. The Morgan fingerprint density at radius 1 is 1.50 bits per heavy atom. The molecule has 0 saturated heterocycles. The molecule has 0 spiro atoms. The minimum absolute atomic E-state index is 0.830. The van der Waals surface area contributed by atoms with E-state index < -0.39 is 0 Å². The molecule has 60 valence electrons. The van der Waals surface area contributed by atoms with Gasteiger partial charge in [-0.15, -0.1) is 11.3 Å². The van der Waals surface area contributed by atoms with E-state index >= 15 is 0 Å². The fourth-order valence-electron chi connectivity index (χ4n) is 0.939. The third kappa shape index (κ3) is 1.44. The molecule has 2 aromatic heterocycles. The number of rotatable bonds is 1. The highest BCUT2D eigenvalue weighted by Gasteiger charge is 1.97. The molecule has 0 fully saturated rings. The highest BCUT2D eigenvalue weighted by molar-refractivity contribution is 7.71. The molecule has 0 aliphatic heterocycles. The summed E-state index contributed by atoms with van der Waals surface area (Å²) in [6, 6.07) is 3.76. The third-order valence-electron chi connectivity index (χ3n) is 1.48. The van der Waals surface area contributed by atoms with Crippen molar-refractivity contribution < 1.29 is 0 Å². The lowest BCUT2D eigenvalue weighted by Crippen LogP contribution is -1.80. The normalized spacial score (nSPS) is 10.0. The second-order valence-electron chi connectivity index (χ2n) is 2.31. The van der Waals surface area contributed by atoms with Crippen molar-refractivity contribution in [2.75, 3.05) is 0 Å². The van der Waals surface area contributed by atoms with Crippen LogP contribution in [0.4, 0.5) is 0 Å². The van der Waals surface area contributed by atoms with Crippen LogP contribution in [0.25, 0.3) is 11.4 Å². The summed E-state index contributed by atoms with van der Waals surface area (Å²) < 4.78 is 0.830. The lowest BCUT2D eigenvalue weighted by atomic mass is 10.3. The fraction of sp³-hybridized carbons (Fsp3) is 0. The fourth-order valence-corrected chi connectivity index (χ4v) is 1.68. The first-order valence-electron chi connectivity index (χ1n) is 3.43. The molecule has 0 radical (unpaired) electrons. The van der Waals surface area contributed by atoms with Crippen molar-refractivity contribution in [2.24, 2.45) is 0 Å². The van der Waals surface area contributed by atoms with Gasteiger partial charge in [-0.3, -0.25) is 0 Å². The van der Waals surface area contributed by atoms with Crippen LogP contribution < -0.4 is 0 Å². The van der Waals surface area contributed by atoms with Gasteiger partial charge in [-0.05, 0) is 12.1 Å². The Morgan fingerprint density at radius 3 is 3.08 bits per heavy atom. The standard InChI is InChI=1S/C8H6N2S2/c11-6-1-2-9-7(3-6)8-4-12-5-10-8/h1-5H,(H,9,11). The summed E-state index contributed by atoms with van der Waals surface area (Å²) in [7, 11) is 0. The van der Waals surface area contributed by atoms with E-state index in [0.29, 0.717) is 0 Å². The van der Waals surface area contributed by atoms with Gasteiger partial charge in [0.15, 0.2) is 0 Å². The first-order valence-corrected chi connectivity index (χ1v) is 4.79. The lowest BCUT2D eigenvalue weighted by Gasteiger charge is -1.94. The number of hydrogen-bond donors (Lipinski definition) is 1. The van der Waals surface area contributed by atoms with E-state index in [1.807, 2.05) is 23.7 Å². The summed E-state index contributed by atoms with van der Waals surface area (Å²) in [5, 5.41) is 1.99. The van der Waals surface area contributed by atoms with Gasteiger partial charge in [0.25, 0.3) is 0 Å². The van der Waals surface area contributed by atoms with E-state index in [4.69, 9.17) is 12.2 Å². The largest absolute Gasteiger partial charge is 0.360 e.